The van der Waals surface area contributed by atoms with Crippen LogP contribution in [-0.4, -0.2) is 6.26 Å². The van der Waals surface area contributed by atoms with Gasteiger partial charge in [-0.1, -0.05) is 0 Å². The predicted octanol–water partition coefficient (Wildman–Crippen LogP) is 4.83. The van der Waals surface area contributed by atoms with Crippen LogP contribution in [0, 0.1) is 6.45 Å². The lowest BCUT2D eigenvalue weighted by molar-refractivity contribution is 1.50. The molecule has 1 heterocycles. The minimum atomic E-state index is 1.35. The molecule has 0 aliphatic heterocycles. The molecule has 0 fully saturated rings. The Hall–Kier alpha value is 0.990. The van der Waals surface area contributed by atoms with Gasteiger partial charge in [-0.25, -0.2) is 0 Å². The summed E-state index contributed by atoms with van der Waals surface area (Å²) in [6, 6.07) is 6.68. The molecular weight excluding hydrogens is 426 g/mol. The smallest absolute Gasteiger partial charge is 0.0666 e. The molecule has 0 atom stereocenters. The minimum Gasteiger partial charge on any atom is -0.129 e. The third-order valence-corrected chi connectivity index (χ3v) is 5.75. The molecule has 4 heteroatoms. The summed E-state index contributed by atoms with van der Waals surface area (Å²) in [6.45, 7) is 0. The summed E-state index contributed by atoms with van der Waals surface area (Å²) in [5.74, 6) is 0. The highest BCUT2D eigenvalue weighted by atomic mass is 127. The second-order valence-electron chi connectivity index (χ2n) is 2.54. The molecule has 1 aromatic heterocycles. The summed E-state index contributed by atoms with van der Waals surface area (Å²) in [6.07, 6.45) is 2.14. The molecule has 0 bridgehead atoms. The summed E-state index contributed by atoms with van der Waals surface area (Å²) in [5, 5.41) is 1.41. The van der Waals surface area contributed by atoms with E-state index >= 15 is 0 Å². The molecular formula is C9H6I2S2. The summed E-state index contributed by atoms with van der Waals surface area (Å²) in [5.41, 5.74) is 0. The van der Waals surface area contributed by atoms with E-state index in [1.807, 2.05) is 23.1 Å². The van der Waals surface area contributed by atoms with Crippen LogP contribution >= 0.6 is 68.3 Å². The average molecular weight is 432 g/mol. The fourth-order valence-electron chi connectivity index (χ4n) is 1.24. The van der Waals surface area contributed by atoms with Crippen molar-refractivity contribution in [3.05, 3.63) is 24.7 Å². The molecule has 0 saturated heterocycles. The van der Waals surface area contributed by atoms with Crippen LogP contribution in [-0.2, 0) is 0 Å². The van der Waals surface area contributed by atoms with Gasteiger partial charge in [0.25, 0.3) is 0 Å². The van der Waals surface area contributed by atoms with Crippen molar-refractivity contribution >= 4 is 78.4 Å². The van der Waals surface area contributed by atoms with E-state index in [9.17, 15) is 0 Å². The van der Waals surface area contributed by atoms with Crippen LogP contribution in [0.4, 0.5) is 0 Å². The number of benzene rings is 1. The number of hydrogen-bond donors (Lipinski definition) is 0. The summed E-state index contributed by atoms with van der Waals surface area (Å²) in [4.78, 5) is 1.41. The number of thioether (sulfide) groups is 1. The average Bonchev–Trinajstić information content (AvgIpc) is 2.45. The molecule has 0 radical (unpaired) electrons. The second-order valence-corrected chi connectivity index (χ2v) is 7.50. The molecule has 0 N–H and O–H groups in total. The molecule has 0 saturated carbocycles. The Morgan fingerprint density at radius 3 is 2.77 bits per heavy atom. The van der Waals surface area contributed by atoms with Gasteiger partial charge in [0.05, 0.1) is 2.88 Å². The van der Waals surface area contributed by atoms with E-state index in [0.29, 0.717) is 0 Å². The Kier molecular flexibility index (Phi) is 3.43. The van der Waals surface area contributed by atoms with Gasteiger partial charge in [-0.05, 0) is 69.6 Å². The van der Waals surface area contributed by atoms with Gasteiger partial charge in [0.1, 0.15) is 0 Å². The molecule has 0 unspecified atom stereocenters. The lowest BCUT2D eigenvalue weighted by Crippen LogP contribution is -1.77. The van der Waals surface area contributed by atoms with Gasteiger partial charge >= 0.3 is 0 Å². The Labute approximate surface area is 113 Å². The topological polar surface area (TPSA) is 0 Å². The zero-order valence-electron chi connectivity index (χ0n) is 6.80. The zero-order chi connectivity index (χ0) is 9.42. The maximum atomic E-state index is 2.40. The van der Waals surface area contributed by atoms with Gasteiger partial charge in [0.15, 0.2) is 0 Å². The van der Waals surface area contributed by atoms with Crippen molar-refractivity contribution in [2.75, 3.05) is 6.26 Å². The van der Waals surface area contributed by atoms with Gasteiger partial charge in [-0.15, -0.1) is 23.1 Å². The quantitative estimate of drug-likeness (QED) is 0.460. The van der Waals surface area contributed by atoms with Gasteiger partial charge in [-0.3, -0.25) is 0 Å². The van der Waals surface area contributed by atoms with Crippen LogP contribution in [0.25, 0.3) is 10.1 Å². The van der Waals surface area contributed by atoms with Crippen molar-refractivity contribution in [3.8, 4) is 0 Å². The number of halogens is 2. The van der Waals surface area contributed by atoms with E-state index < -0.39 is 0 Å². The van der Waals surface area contributed by atoms with E-state index in [4.69, 9.17) is 0 Å². The molecule has 13 heavy (non-hydrogen) atoms. The van der Waals surface area contributed by atoms with E-state index in [1.165, 1.54) is 21.4 Å². The van der Waals surface area contributed by atoms with Crippen LogP contribution < -0.4 is 0 Å². The second kappa shape index (κ2) is 4.24. The SMILES string of the molecule is CSc1c(I)ccc2sc(I)cc12. The molecule has 0 spiro atoms. The Balaban J connectivity index is 2.82. The first-order chi connectivity index (χ1) is 6.22. The molecule has 0 nitrogen and oxygen atoms in total. The maximum absolute atomic E-state index is 2.40. The first kappa shape index (κ1) is 10.5. The Morgan fingerprint density at radius 1 is 1.31 bits per heavy atom. The maximum Gasteiger partial charge on any atom is 0.0666 e. The molecule has 0 amide bonds. The monoisotopic (exact) mass is 432 g/mol. The number of hydrogen-bond acceptors (Lipinski definition) is 2. The lowest BCUT2D eigenvalue weighted by atomic mass is 10.3. The highest BCUT2D eigenvalue weighted by Gasteiger charge is 2.07. The van der Waals surface area contributed by atoms with Gasteiger partial charge < -0.3 is 0 Å². The third-order valence-electron chi connectivity index (χ3n) is 1.78. The van der Waals surface area contributed by atoms with E-state index in [1.54, 1.807) is 0 Å². The largest absolute Gasteiger partial charge is 0.129 e. The fourth-order valence-corrected chi connectivity index (χ4v) is 4.90. The van der Waals surface area contributed by atoms with Crippen LogP contribution in [0.15, 0.2) is 23.1 Å². The molecule has 0 aliphatic rings. The first-order valence-electron chi connectivity index (χ1n) is 3.64. The van der Waals surface area contributed by atoms with Crippen molar-refractivity contribution in [2.24, 2.45) is 0 Å². The number of thiophene rings is 1. The lowest BCUT2D eigenvalue weighted by Gasteiger charge is -2.01. The molecule has 68 valence electrons. The zero-order valence-corrected chi connectivity index (χ0v) is 12.8. The minimum absolute atomic E-state index is 1.35. The Bertz CT molecular complexity index is 448. The van der Waals surface area contributed by atoms with Gasteiger partial charge in [0.2, 0.25) is 0 Å². The molecule has 2 rings (SSSR count). The highest BCUT2D eigenvalue weighted by Crippen LogP contribution is 2.36. The van der Waals surface area contributed by atoms with Crippen molar-refractivity contribution in [1.29, 1.82) is 0 Å². The number of fused-ring (bicyclic) bond motifs is 1. The number of rotatable bonds is 1. The van der Waals surface area contributed by atoms with Crippen molar-refractivity contribution in [2.45, 2.75) is 4.90 Å². The third kappa shape index (κ3) is 2.00. The molecule has 1 aromatic carbocycles. The normalized spacial score (nSPS) is 11.0. The van der Waals surface area contributed by atoms with E-state index in [0.717, 1.165) is 0 Å². The molecule has 0 aliphatic carbocycles. The summed E-state index contributed by atoms with van der Waals surface area (Å²) < 4.78 is 4.12. The first-order valence-corrected chi connectivity index (χ1v) is 7.84. The van der Waals surface area contributed by atoms with Crippen LogP contribution in [0.3, 0.4) is 0 Å². The highest BCUT2D eigenvalue weighted by molar-refractivity contribution is 14.1. The van der Waals surface area contributed by atoms with E-state index in [-0.39, 0.29) is 0 Å². The van der Waals surface area contributed by atoms with Crippen LogP contribution in [0.1, 0.15) is 0 Å². The Morgan fingerprint density at radius 2 is 2.08 bits per heavy atom. The molecule has 2 aromatic rings. The van der Waals surface area contributed by atoms with E-state index in [2.05, 4.69) is 69.6 Å². The summed E-state index contributed by atoms with van der Waals surface area (Å²) >= 11 is 8.48. The van der Waals surface area contributed by atoms with Crippen molar-refractivity contribution in [1.82, 2.24) is 0 Å². The predicted molar refractivity (Wildman–Crippen MR) is 79.0 cm³/mol. The van der Waals surface area contributed by atoms with Gasteiger partial charge in [0, 0.05) is 18.6 Å². The van der Waals surface area contributed by atoms with Crippen LogP contribution in [0.5, 0.6) is 0 Å². The summed E-state index contributed by atoms with van der Waals surface area (Å²) in [7, 11) is 0. The van der Waals surface area contributed by atoms with Crippen molar-refractivity contribution in [3.63, 3.8) is 0 Å². The van der Waals surface area contributed by atoms with Gasteiger partial charge in [-0.2, -0.15) is 0 Å². The standard InChI is InChI=1S/C9H6I2S2/c1-12-9-5-4-8(11)13-7(5)3-2-6(9)10/h2-4H,1H3. The van der Waals surface area contributed by atoms with Crippen molar-refractivity contribution < 1.29 is 0 Å². The van der Waals surface area contributed by atoms with Crippen LogP contribution in [0.2, 0.25) is 0 Å². The fraction of sp³-hybridized carbons (Fsp3) is 0.111.